The van der Waals surface area contributed by atoms with Crippen molar-refractivity contribution < 1.29 is 4.79 Å². The second kappa shape index (κ2) is 5.99. The van der Waals surface area contributed by atoms with Gasteiger partial charge in [-0.05, 0) is 12.1 Å². The molecule has 0 aliphatic carbocycles. The molecule has 0 saturated heterocycles. The van der Waals surface area contributed by atoms with E-state index < -0.39 is 0 Å². The molecule has 0 aromatic carbocycles. The number of carbonyl (C=O) groups is 1. The van der Waals surface area contributed by atoms with Crippen LogP contribution in [0.5, 0.6) is 0 Å². The summed E-state index contributed by atoms with van der Waals surface area (Å²) in [5, 5.41) is 5.81. The Hall–Kier alpha value is -2.37. The molecule has 6 nitrogen and oxygen atoms in total. The van der Waals surface area contributed by atoms with E-state index >= 15 is 0 Å². The molecule has 0 fully saturated rings. The predicted molar refractivity (Wildman–Crippen MR) is 73.0 cm³/mol. The van der Waals surface area contributed by atoms with Crippen LogP contribution < -0.4 is 10.6 Å². The van der Waals surface area contributed by atoms with E-state index in [1.165, 1.54) is 0 Å². The first kappa shape index (κ1) is 13.1. The van der Waals surface area contributed by atoms with Crippen LogP contribution in [0.4, 0.5) is 5.69 Å². The molecule has 0 aliphatic rings. The summed E-state index contributed by atoms with van der Waals surface area (Å²) in [6, 6.07) is 3.53. The Morgan fingerprint density at radius 3 is 2.89 bits per heavy atom. The minimum atomic E-state index is -0.175. The molecule has 0 bridgehead atoms. The van der Waals surface area contributed by atoms with Crippen molar-refractivity contribution in [2.45, 2.75) is 6.42 Å². The summed E-state index contributed by atoms with van der Waals surface area (Å²) in [6.45, 7) is 0.537. The van der Waals surface area contributed by atoms with Gasteiger partial charge in [-0.2, -0.15) is 0 Å². The number of rotatable bonds is 5. The second-order valence-corrected chi connectivity index (χ2v) is 4.14. The summed E-state index contributed by atoms with van der Waals surface area (Å²) in [6.07, 6.45) is 5.94. The van der Waals surface area contributed by atoms with Gasteiger partial charge in [-0.3, -0.25) is 9.78 Å². The molecule has 6 heteroatoms. The number of hydrogen-bond acceptors (Lipinski definition) is 4. The van der Waals surface area contributed by atoms with E-state index in [4.69, 9.17) is 0 Å². The van der Waals surface area contributed by atoms with Gasteiger partial charge in [-0.15, -0.1) is 0 Å². The number of nitrogens with zero attached hydrogens (tertiary/aromatic N) is 3. The van der Waals surface area contributed by atoms with Gasteiger partial charge < -0.3 is 15.2 Å². The molecule has 2 heterocycles. The van der Waals surface area contributed by atoms with E-state index in [9.17, 15) is 4.79 Å². The molecule has 19 heavy (non-hydrogen) atoms. The Morgan fingerprint density at radius 2 is 2.21 bits per heavy atom. The van der Waals surface area contributed by atoms with Crippen LogP contribution in [0.25, 0.3) is 0 Å². The molecule has 0 atom stereocenters. The highest BCUT2D eigenvalue weighted by atomic mass is 16.1. The minimum Gasteiger partial charge on any atom is -0.388 e. The first-order valence-corrected chi connectivity index (χ1v) is 6.09. The topological polar surface area (TPSA) is 71.8 Å². The summed E-state index contributed by atoms with van der Waals surface area (Å²) in [5.41, 5.74) is 1.27. The molecule has 2 aromatic rings. The van der Waals surface area contributed by atoms with Crippen LogP contribution in [0.1, 0.15) is 16.3 Å². The highest BCUT2D eigenvalue weighted by Gasteiger charge is 2.07. The van der Waals surface area contributed by atoms with Crippen molar-refractivity contribution in [3.63, 3.8) is 0 Å². The lowest BCUT2D eigenvalue weighted by molar-refractivity contribution is 0.0949. The van der Waals surface area contributed by atoms with Gasteiger partial charge in [-0.25, -0.2) is 4.98 Å². The summed E-state index contributed by atoms with van der Waals surface area (Å²) in [4.78, 5) is 20.1. The minimum absolute atomic E-state index is 0.175. The fourth-order valence-corrected chi connectivity index (χ4v) is 1.73. The summed E-state index contributed by atoms with van der Waals surface area (Å²) >= 11 is 0. The van der Waals surface area contributed by atoms with Gasteiger partial charge in [0.15, 0.2) is 0 Å². The van der Waals surface area contributed by atoms with Crippen LogP contribution in [-0.4, -0.2) is 34.0 Å². The highest BCUT2D eigenvalue weighted by Crippen LogP contribution is 2.06. The van der Waals surface area contributed by atoms with Crippen LogP contribution in [0.3, 0.4) is 0 Å². The standard InChI is InChI=1S/C13H17N5O/c1-14-10-3-5-15-11(9-10)13(19)17-6-4-12-16-7-8-18(12)2/h3,5,7-9H,4,6H2,1-2H3,(H,14,15)(H,17,19). The molecular weight excluding hydrogens is 242 g/mol. The Bertz CT molecular complexity index is 564. The van der Waals surface area contributed by atoms with E-state index in [0.29, 0.717) is 18.7 Å². The van der Waals surface area contributed by atoms with Crippen LogP contribution in [-0.2, 0) is 13.5 Å². The normalized spacial score (nSPS) is 10.2. The zero-order chi connectivity index (χ0) is 13.7. The molecule has 2 rings (SSSR count). The van der Waals surface area contributed by atoms with Gasteiger partial charge in [0.05, 0.1) is 0 Å². The van der Waals surface area contributed by atoms with Gasteiger partial charge in [-0.1, -0.05) is 0 Å². The van der Waals surface area contributed by atoms with E-state index in [1.807, 2.05) is 23.9 Å². The van der Waals surface area contributed by atoms with Crippen molar-refractivity contribution in [3.05, 3.63) is 42.2 Å². The third-order valence-electron chi connectivity index (χ3n) is 2.84. The predicted octanol–water partition coefficient (Wildman–Crippen LogP) is 0.829. The Morgan fingerprint density at radius 1 is 1.37 bits per heavy atom. The first-order valence-electron chi connectivity index (χ1n) is 6.09. The number of anilines is 1. The number of imidazole rings is 1. The van der Waals surface area contributed by atoms with Crippen LogP contribution in [0, 0.1) is 0 Å². The molecular formula is C13H17N5O. The zero-order valence-corrected chi connectivity index (χ0v) is 11.1. The Kier molecular flexibility index (Phi) is 4.12. The van der Waals surface area contributed by atoms with E-state index in [1.54, 1.807) is 25.5 Å². The van der Waals surface area contributed by atoms with Crippen LogP contribution in [0.2, 0.25) is 0 Å². The summed E-state index contributed by atoms with van der Waals surface area (Å²) in [5.74, 6) is 0.767. The first-order chi connectivity index (χ1) is 9.20. The maximum absolute atomic E-state index is 11.9. The monoisotopic (exact) mass is 259 g/mol. The van der Waals surface area contributed by atoms with E-state index in [0.717, 1.165) is 11.5 Å². The van der Waals surface area contributed by atoms with Crippen LogP contribution >= 0.6 is 0 Å². The van der Waals surface area contributed by atoms with Crippen molar-refractivity contribution in [1.29, 1.82) is 0 Å². The van der Waals surface area contributed by atoms with Crippen molar-refractivity contribution in [2.75, 3.05) is 18.9 Å². The number of pyridine rings is 1. The largest absolute Gasteiger partial charge is 0.388 e. The maximum Gasteiger partial charge on any atom is 0.269 e. The van der Waals surface area contributed by atoms with Crippen LogP contribution in [0.15, 0.2) is 30.7 Å². The molecule has 2 N–H and O–H groups in total. The average molecular weight is 259 g/mol. The SMILES string of the molecule is CNc1ccnc(C(=O)NCCc2nccn2C)c1. The Labute approximate surface area is 111 Å². The highest BCUT2D eigenvalue weighted by molar-refractivity contribution is 5.93. The maximum atomic E-state index is 11.9. The van der Waals surface area contributed by atoms with Crippen molar-refractivity contribution in [1.82, 2.24) is 19.9 Å². The van der Waals surface area contributed by atoms with Gasteiger partial charge in [0.1, 0.15) is 11.5 Å². The molecule has 0 spiro atoms. The molecule has 100 valence electrons. The molecule has 1 amide bonds. The summed E-state index contributed by atoms with van der Waals surface area (Å²) < 4.78 is 1.94. The van der Waals surface area contributed by atoms with Gasteiger partial charge in [0, 0.05) is 51.3 Å². The second-order valence-electron chi connectivity index (χ2n) is 4.14. The quantitative estimate of drug-likeness (QED) is 0.834. The van der Waals surface area contributed by atoms with Crippen molar-refractivity contribution in [3.8, 4) is 0 Å². The molecule has 0 radical (unpaired) electrons. The lowest BCUT2D eigenvalue weighted by atomic mass is 10.3. The number of aryl methyl sites for hydroxylation is 1. The average Bonchev–Trinajstić information content (AvgIpc) is 2.84. The Balaban J connectivity index is 1.89. The molecule has 0 unspecified atom stereocenters. The number of amides is 1. The number of hydrogen-bond donors (Lipinski definition) is 2. The molecule has 0 aliphatic heterocycles. The van der Waals surface area contributed by atoms with Gasteiger partial charge in [0.2, 0.25) is 0 Å². The lowest BCUT2D eigenvalue weighted by Crippen LogP contribution is -2.27. The third-order valence-corrected chi connectivity index (χ3v) is 2.84. The molecule has 0 saturated carbocycles. The van der Waals surface area contributed by atoms with E-state index in [-0.39, 0.29) is 5.91 Å². The number of nitrogens with one attached hydrogen (secondary N) is 2. The van der Waals surface area contributed by atoms with Crippen molar-refractivity contribution >= 4 is 11.6 Å². The third kappa shape index (κ3) is 3.31. The lowest BCUT2D eigenvalue weighted by Gasteiger charge is -2.06. The number of carbonyl (C=O) groups excluding carboxylic acids is 1. The fourth-order valence-electron chi connectivity index (χ4n) is 1.73. The zero-order valence-electron chi connectivity index (χ0n) is 11.1. The summed E-state index contributed by atoms with van der Waals surface area (Å²) in [7, 11) is 3.74. The van der Waals surface area contributed by atoms with Gasteiger partial charge in [0.25, 0.3) is 5.91 Å². The molecule has 2 aromatic heterocycles. The van der Waals surface area contributed by atoms with Crippen molar-refractivity contribution in [2.24, 2.45) is 7.05 Å². The smallest absolute Gasteiger partial charge is 0.269 e. The fraction of sp³-hybridized carbons (Fsp3) is 0.308. The van der Waals surface area contributed by atoms with E-state index in [2.05, 4.69) is 20.6 Å². The van der Waals surface area contributed by atoms with Gasteiger partial charge >= 0.3 is 0 Å². The number of aromatic nitrogens is 3.